The van der Waals surface area contributed by atoms with Crippen LogP contribution in [0.4, 0.5) is 0 Å². The second-order valence-corrected chi connectivity index (χ2v) is 19.8. The van der Waals surface area contributed by atoms with Gasteiger partial charge in [-0.1, -0.05) is 0 Å². The normalized spacial score (nSPS) is 14.7. The summed E-state index contributed by atoms with van der Waals surface area (Å²) in [4.78, 5) is 0. The third-order valence-electron chi connectivity index (χ3n) is 7.92. The van der Waals surface area contributed by atoms with E-state index < -0.39 is 21.4 Å². The first-order valence-electron chi connectivity index (χ1n) is 12.8. The Morgan fingerprint density at radius 1 is 0.474 bits per heavy atom. The second-order valence-electron chi connectivity index (χ2n) is 9.83. The molecule has 2 aliphatic rings. The predicted octanol–water partition coefficient (Wildman–Crippen LogP) is 2.94. The van der Waals surface area contributed by atoms with Crippen LogP contribution in [0.1, 0.15) is 44.4 Å². The van der Waals surface area contributed by atoms with E-state index in [4.69, 9.17) is 0 Å². The van der Waals surface area contributed by atoms with Crippen LogP contribution < -0.4 is 24.8 Å². The molecule has 5 aromatic carbocycles. The third kappa shape index (κ3) is 4.56. The average Bonchev–Trinajstić information content (AvgIpc) is 3.52. The zero-order valence-electron chi connectivity index (χ0n) is 20.8. The van der Waals surface area contributed by atoms with E-state index in [1.54, 1.807) is 16.7 Å². The van der Waals surface area contributed by atoms with Crippen molar-refractivity contribution in [2.24, 2.45) is 0 Å². The van der Waals surface area contributed by atoms with Crippen LogP contribution in [0, 0.1) is 0 Å². The van der Waals surface area contributed by atoms with Gasteiger partial charge in [-0.3, -0.25) is 0 Å². The maximum absolute atomic E-state index is 2.78. The summed E-state index contributed by atoms with van der Waals surface area (Å²) < 4.78 is 1.50. The van der Waals surface area contributed by atoms with Crippen molar-refractivity contribution >= 4 is 6.08 Å². The molecular formula is C35H27Cl2Hf. The number of rotatable bonds is 5. The average molecular weight is 697 g/mol. The van der Waals surface area contributed by atoms with E-state index in [1.807, 2.05) is 0 Å². The van der Waals surface area contributed by atoms with Gasteiger partial charge >= 0.3 is 223 Å². The van der Waals surface area contributed by atoms with Gasteiger partial charge in [0.05, 0.1) is 0 Å². The number of benzene rings is 5. The van der Waals surface area contributed by atoms with Crippen molar-refractivity contribution in [3.05, 3.63) is 173 Å². The maximum Gasteiger partial charge on any atom is -1.00 e. The fraction of sp³-hybridized carbons (Fsp3) is 0.0857. The molecule has 0 amide bonds. The maximum atomic E-state index is 2.56. The van der Waals surface area contributed by atoms with E-state index in [9.17, 15) is 0 Å². The van der Waals surface area contributed by atoms with Gasteiger partial charge in [0.15, 0.2) is 0 Å². The zero-order chi connectivity index (χ0) is 23.9. The summed E-state index contributed by atoms with van der Waals surface area (Å²) >= 11 is -2.78. The molecule has 0 fully saturated rings. The molecule has 0 aliphatic heterocycles. The first-order chi connectivity index (χ1) is 17.9. The van der Waals surface area contributed by atoms with E-state index in [0.29, 0.717) is 11.0 Å². The molecule has 1 unspecified atom stereocenters. The smallest absolute Gasteiger partial charge is 1.00 e. The second kappa shape index (κ2) is 11.6. The molecule has 3 heteroatoms. The molecule has 0 radical (unpaired) electrons. The summed E-state index contributed by atoms with van der Waals surface area (Å²) in [5.41, 5.74) is 11.9. The van der Waals surface area contributed by atoms with Gasteiger partial charge in [-0.15, -0.1) is 0 Å². The number of halogens is 2. The number of allylic oxidation sites excluding steroid dienone is 1. The molecule has 0 heterocycles. The fourth-order valence-electron chi connectivity index (χ4n) is 6.45. The monoisotopic (exact) mass is 697 g/mol. The predicted molar refractivity (Wildman–Crippen MR) is 147 cm³/mol. The largest absolute Gasteiger partial charge is 1.00 e. The topological polar surface area (TPSA) is 0 Å². The molecule has 7 rings (SSSR count). The first-order valence-corrected chi connectivity index (χ1v) is 19.0. The Labute approximate surface area is 245 Å². The van der Waals surface area contributed by atoms with Crippen LogP contribution in [-0.4, -0.2) is 0 Å². The molecule has 2 aliphatic carbocycles. The number of fused-ring (bicyclic) bond motifs is 4. The van der Waals surface area contributed by atoms with Gasteiger partial charge in [0.25, 0.3) is 0 Å². The minimum absolute atomic E-state index is 0. The van der Waals surface area contributed by atoms with Crippen LogP contribution >= 0.6 is 0 Å². The van der Waals surface area contributed by atoms with Crippen molar-refractivity contribution in [2.45, 2.75) is 11.0 Å². The van der Waals surface area contributed by atoms with Crippen molar-refractivity contribution in [3.63, 3.8) is 0 Å². The summed E-state index contributed by atoms with van der Waals surface area (Å²) in [6, 6.07) is 50.3. The first kappa shape index (κ1) is 26.9. The summed E-state index contributed by atoms with van der Waals surface area (Å²) in [6.45, 7) is 0. The molecule has 0 bridgehead atoms. The summed E-state index contributed by atoms with van der Waals surface area (Å²) in [5, 5.41) is 0. The minimum Gasteiger partial charge on any atom is -1.00 e. The van der Waals surface area contributed by atoms with E-state index >= 15 is 0 Å². The van der Waals surface area contributed by atoms with Crippen LogP contribution in [0.5, 0.6) is 0 Å². The third-order valence-corrected chi connectivity index (χ3v) is 21.7. The van der Waals surface area contributed by atoms with Crippen molar-refractivity contribution < 1.29 is 46.3 Å². The van der Waals surface area contributed by atoms with Gasteiger partial charge in [0.2, 0.25) is 0 Å². The Morgan fingerprint density at radius 2 is 0.921 bits per heavy atom. The SMILES string of the molecule is C1=C[CH]([Hf+2]([CH](c2ccccc2)c2ccccc2)[CH]2c3ccccc3-c3ccccc32)c2ccccc21.[Cl-].[Cl-]. The molecule has 1 atom stereocenters. The van der Waals surface area contributed by atoms with Crippen molar-refractivity contribution in [2.75, 3.05) is 0 Å². The molecule has 0 aromatic heterocycles. The van der Waals surface area contributed by atoms with E-state index in [1.165, 1.54) is 27.8 Å². The molecule has 0 saturated carbocycles. The molecule has 185 valence electrons. The van der Waals surface area contributed by atoms with Gasteiger partial charge < -0.3 is 24.8 Å². The number of hydrogen-bond donors (Lipinski definition) is 0. The van der Waals surface area contributed by atoms with Gasteiger partial charge in [-0.05, 0) is 0 Å². The quantitative estimate of drug-likeness (QED) is 0.248. The van der Waals surface area contributed by atoms with Crippen LogP contribution in [0.2, 0.25) is 0 Å². The van der Waals surface area contributed by atoms with Gasteiger partial charge in [0.1, 0.15) is 0 Å². The zero-order valence-corrected chi connectivity index (χ0v) is 25.9. The summed E-state index contributed by atoms with van der Waals surface area (Å²) in [6.07, 6.45) is 4.96. The van der Waals surface area contributed by atoms with Crippen molar-refractivity contribution in [1.82, 2.24) is 0 Å². The van der Waals surface area contributed by atoms with Gasteiger partial charge in [-0.25, -0.2) is 0 Å². The molecule has 0 spiro atoms. The molecular weight excluding hydrogens is 670 g/mol. The Bertz CT molecular complexity index is 1470. The Balaban J connectivity index is 0.00000147. The van der Waals surface area contributed by atoms with Crippen molar-refractivity contribution in [3.8, 4) is 11.1 Å². The van der Waals surface area contributed by atoms with Crippen LogP contribution in [0.15, 0.2) is 140 Å². The summed E-state index contributed by atoms with van der Waals surface area (Å²) in [5.74, 6) is 0. The minimum atomic E-state index is -2.78. The Kier molecular flexibility index (Phi) is 8.19. The number of hydrogen-bond acceptors (Lipinski definition) is 0. The molecule has 0 nitrogen and oxygen atoms in total. The van der Waals surface area contributed by atoms with Gasteiger partial charge in [-0.2, -0.15) is 0 Å². The van der Waals surface area contributed by atoms with Crippen LogP contribution in [-0.2, 0) is 21.4 Å². The molecule has 0 N–H and O–H groups in total. The molecule has 5 aromatic rings. The Morgan fingerprint density at radius 3 is 1.47 bits per heavy atom. The standard InChI is InChI=1S/C13H9.C13H11.C9H7.2ClH.Hf/c1-3-7-12-10(5-1)9-11-6-2-4-8-13(11)12;1-3-7-12(8-4-1)11-13-9-5-2-6-10-13;1-2-5-9-7-3-6-8(9)4-1;;;/h1-9H;1-11H;1-7H;2*1H;/q;;;;;+2/p-2. The van der Waals surface area contributed by atoms with Gasteiger partial charge in [0, 0.05) is 0 Å². The Hall–Kier alpha value is -2.71. The van der Waals surface area contributed by atoms with E-state index in [2.05, 4.69) is 146 Å². The molecule has 0 saturated heterocycles. The van der Waals surface area contributed by atoms with Crippen molar-refractivity contribution in [1.29, 1.82) is 0 Å². The fourth-order valence-corrected chi connectivity index (χ4v) is 22.1. The van der Waals surface area contributed by atoms with Crippen LogP contribution in [0.3, 0.4) is 0 Å². The van der Waals surface area contributed by atoms with Crippen LogP contribution in [0.25, 0.3) is 17.2 Å². The van der Waals surface area contributed by atoms with E-state index in [0.717, 1.165) is 0 Å². The summed E-state index contributed by atoms with van der Waals surface area (Å²) in [7, 11) is 0. The molecule has 38 heavy (non-hydrogen) atoms. The van der Waals surface area contributed by atoms with E-state index in [-0.39, 0.29) is 24.8 Å².